The Labute approximate surface area is 107 Å². The Morgan fingerprint density at radius 2 is 1.79 bits per heavy atom. The zero-order chi connectivity index (χ0) is 9.52. The van der Waals surface area contributed by atoms with Crippen molar-refractivity contribution in [2.24, 2.45) is 0 Å². The number of hydrogen-bond donors (Lipinski definition) is 0. The third-order valence-electron chi connectivity index (χ3n) is 1.94. The van der Waals surface area contributed by atoms with E-state index in [0.29, 0.717) is 6.42 Å². The summed E-state index contributed by atoms with van der Waals surface area (Å²) in [5, 5.41) is 10.1. The molecule has 0 radical (unpaired) electrons. The molecule has 0 atom stereocenters. The van der Waals surface area contributed by atoms with Crippen LogP contribution in [0.5, 0.6) is 0 Å². The smallest absolute Gasteiger partial charge is 0.550 e. The van der Waals surface area contributed by atoms with Gasteiger partial charge >= 0.3 is 29.6 Å². The predicted octanol–water partition coefficient (Wildman–Crippen LogP) is -1.85. The van der Waals surface area contributed by atoms with Gasteiger partial charge < -0.3 is 9.90 Å². The number of carboxylic acid groups (broad SMARTS) is 1. The van der Waals surface area contributed by atoms with Crippen LogP contribution in [0.15, 0.2) is 30.3 Å². The van der Waals surface area contributed by atoms with E-state index in [-0.39, 0.29) is 36.0 Å². The fourth-order valence-corrected chi connectivity index (χ4v) is 1.24. The second-order valence-corrected chi connectivity index (χ2v) is 3.06. The van der Waals surface area contributed by atoms with Gasteiger partial charge in [-0.25, -0.2) is 0 Å². The Kier molecular flexibility index (Phi) is 7.86. The molecule has 0 aromatic heterocycles. The average Bonchev–Trinajstić information content (AvgIpc) is 2.14. The number of carbonyl (C=O) groups excluding carboxylic acids is 1. The van der Waals surface area contributed by atoms with Crippen molar-refractivity contribution in [3.05, 3.63) is 35.9 Å². The van der Waals surface area contributed by atoms with E-state index < -0.39 is 5.97 Å². The van der Waals surface area contributed by atoms with E-state index in [1.54, 1.807) is 0 Å². The fraction of sp³-hybridized carbons (Fsp3) is 0.364. The quantitative estimate of drug-likeness (QED) is 0.413. The van der Waals surface area contributed by atoms with Crippen LogP contribution in [0.1, 0.15) is 24.8 Å². The second kappa shape index (κ2) is 8.04. The normalized spacial score (nSPS) is 9.14. The van der Waals surface area contributed by atoms with Crippen molar-refractivity contribution in [2.45, 2.75) is 25.7 Å². The molecule has 0 unspecified atom stereocenters. The van der Waals surface area contributed by atoms with Crippen molar-refractivity contribution in [1.82, 2.24) is 0 Å². The Balaban J connectivity index is 0.00000169. The summed E-state index contributed by atoms with van der Waals surface area (Å²) in [6.45, 7) is 0. The molecule has 1 aromatic carbocycles. The van der Waals surface area contributed by atoms with Crippen LogP contribution in [0.3, 0.4) is 0 Å². The molecule has 3 heteroatoms. The SMILES string of the molecule is O=C([O-])CCCCc1ccccc1.[Na+]. The summed E-state index contributed by atoms with van der Waals surface area (Å²) in [6, 6.07) is 10.1. The van der Waals surface area contributed by atoms with Crippen molar-refractivity contribution < 1.29 is 39.5 Å². The van der Waals surface area contributed by atoms with Crippen LogP contribution in [0.4, 0.5) is 0 Å². The maximum atomic E-state index is 10.1. The molecule has 0 fully saturated rings. The number of rotatable bonds is 5. The number of carboxylic acids is 1. The molecule has 70 valence electrons. The summed E-state index contributed by atoms with van der Waals surface area (Å²) in [4.78, 5) is 10.1. The molecule has 2 nitrogen and oxygen atoms in total. The molecular weight excluding hydrogens is 187 g/mol. The van der Waals surface area contributed by atoms with Crippen molar-refractivity contribution >= 4 is 5.97 Å². The molecule has 0 amide bonds. The van der Waals surface area contributed by atoms with Gasteiger partial charge in [0, 0.05) is 5.97 Å². The summed E-state index contributed by atoms with van der Waals surface area (Å²) in [7, 11) is 0. The van der Waals surface area contributed by atoms with E-state index in [1.807, 2.05) is 18.2 Å². The van der Waals surface area contributed by atoms with Gasteiger partial charge in [0.1, 0.15) is 0 Å². The van der Waals surface area contributed by atoms with Crippen molar-refractivity contribution in [3.8, 4) is 0 Å². The molecule has 0 heterocycles. The van der Waals surface area contributed by atoms with E-state index in [2.05, 4.69) is 12.1 Å². The molecule has 0 saturated carbocycles. The van der Waals surface area contributed by atoms with E-state index >= 15 is 0 Å². The molecule has 14 heavy (non-hydrogen) atoms. The molecule has 0 saturated heterocycles. The van der Waals surface area contributed by atoms with Crippen molar-refractivity contribution in [3.63, 3.8) is 0 Å². The van der Waals surface area contributed by atoms with Gasteiger partial charge in [0.25, 0.3) is 0 Å². The van der Waals surface area contributed by atoms with Gasteiger partial charge in [-0.05, 0) is 31.2 Å². The van der Waals surface area contributed by atoms with Gasteiger partial charge in [0.15, 0.2) is 0 Å². The van der Waals surface area contributed by atoms with E-state index in [0.717, 1.165) is 12.8 Å². The Hall–Kier alpha value is -0.310. The molecule has 0 N–H and O–H groups in total. The molecule has 0 aliphatic rings. The number of benzene rings is 1. The topological polar surface area (TPSA) is 40.1 Å². The molecule has 1 aromatic rings. The molecule has 1 rings (SSSR count). The van der Waals surface area contributed by atoms with Gasteiger partial charge in [-0.15, -0.1) is 0 Å². The fourth-order valence-electron chi connectivity index (χ4n) is 1.24. The minimum absolute atomic E-state index is 0. The largest absolute Gasteiger partial charge is 1.00 e. The standard InChI is InChI=1S/C11H14O2.Na/c12-11(13)9-5-4-8-10-6-2-1-3-7-10;/h1-3,6-7H,4-5,8-9H2,(H,12,13);/q;+1/p-1. The van der Waals surface area contributed by atoms with E-state index in [1.165, 1.54) is 5.56 Å². The number of aryl methyl sites for hydroxylation is 1. The van der Waals surface area contributed by atoms with Crippen LogP contribution in [-0.4, -0.2) is 5.97 Å². The van der Waals surface area contributed by atoms with Crippen LogP contribution in [0.25, 0.3) is 0 Å². The van der Waals surface area contributed by atoms with Gasteiger partial charge in [0.05, 0.1) is 0 Å². The Morgan fingerprint density at radius 3 is 2.36 bits per heavy atom. The van der Waals surface area contributed by atoms with Gasteiger partial charge in [0.2, 0.25) is 0 Å². The number of hydrogen-bond acceptors (Lipinski definition) is 2. The number of carbonyl (C=O) groups is 1. The third kappa shape index (κ3) is 6.19. The van der Waals surface area contributed by atoms with Crippen LogP contribution < -0.4 is 34.7 Å². The molecule has 0 aliphatic heterocycles. The zero-order valence-corrected chi connectivity index (χ0v) is 10.5. The van der Waals surface area contributed by atoms with Crippen LogP contribution in [-0.2, 0) is 11.2 Å². The maximum absolute atomic E-state index is 10.1. The molecular formula is C11H13NaO2. The Bertz CT molecular complexity index is 259. The van der Waals surface area contributed by atoms with E-state index in [4.69, 9.17) is 0 Å². The summed E-state index contributed by atoms with van der Waals surface area (Å²) in [5.41, 5.74) is 1.26. The zero-order valence-electron chi connectivity index (χ0n) is 8.53. The van der Waals surface area contributed by atoms with E-state index in [9.17, 15) is 9.90 Å². The second-order valence-electron chi connectivity index (χ2n) is 3.06. The third-order valence-corrected chi connectivity index (χ3v) is 1.94. The first kappa shape index (κ1) is 13.7. The van der Waals surface area contributed by atoms with Crippen molar-refractivity contribution in [1.29, 1.82) is 0 Å². The van der Waals surface area contributed by atoms with Crippen LogP contribution in [0, 0.1) is 0 Å². The van der Waals surface area contributed by atoms with Gasteiger partial charge in [-0.2, -0.15) is 0 Å². The number of unbranched alkanes of at least 4 members (excludes halogenated alkanes) is 1. The molecule has 0 spiro atoms. The van der Waals surface area contributed by atoms with Gasteiger partial charge in [-0.1, -0.05) is 30.3 Å². The number of aliphatic carboxylic acids is 1. The molecule has 0 aliphatic carbocycles. The summed E-state index contributed by atoms with van der Waals surface area (Å²) in [5.74, 6) is -0.951. The van der Waals surface area contributed by atoms with Crippen LogP contribution >= 0.6 is 0 Å². The summed E-state index contributed by atoms with van der Waals surface area (Å²) >= 11 is 0. The molecule has 0 bridgehead atoms. The van der Waals surface area contributed by atoms with Crippen LogP contribution in [0.2, 0.25) is 0 Å². The van der Waals surface area contributed by atoms with Gasteiger partial charge in [-0.3, -0.25) is 0 Å². The average molecular weight is 200 g/mol. The first-order valence-corrected chi connectivity index (χ1v) is 4.53. The maximum Gasteiger partial charge on any atom is 1.00 e. The summed E-state index contributed by atoms with van der Waals surface area (Å²) < 4.78 is 0. The summed E-state index contributed by atoms with van der Waals surface area (Å²) in [6.07, 6.45) is 2.75. The first-order chi connectivity index (χ1) is 6.29. The van der Waals surface area contributed by atoms with Crippen molar-refractivity contribution in [2.75, 3.05) is 0 Å². The Morgan fingerprint density at radius 1 is 1.14 bits per heavy atom. The minimum Gasteiger partial charge on any atom is -0.550 e. The minimum atomic E-state index is -0.951. The first-order valence-electron chi connectivity index (χ1n) is 4.53. The monoisotopic (exact) mass is 200 g/mol. The predicted molar refractivity (Wildman–Crippen MR) is 49.0 cm³/mol.